The molecule has 4 heteroatoms. The number of unbranched alkanes of at least 4 members (excludes halogenated alkanes) is 11. The van der Waals surface area contributed by atoms with E-state index in [4.69, 9.17) is 9.84 Å². The van der Waals surface area contributed by atoms with Crippen LogP contribution in [0, 0.1) is 0 Å². The molecule has 0 aliphatic rings. The van der Waals surface area contributed by atoms with E-state index < -0.39 is 5.97 Å². The van der Waals surface area contributed by atoms with Crippen LogP contribution in [0.1, 0.15) is 155 Å². The van der Waals surface area contributed by atoms with Crippen molar-refractivity contribution in [3.05, 3.63) is 72.9 Å². The minimum Gasteiger partial charge on any atom is -0.481 e. The van der Waals surface area contributed by atoms with Gasteiger partial charge in [0.05, 0.1) is 0 Å². The van der Waals surface area contributed by atoms with E-state index in [0.29, 0.717) is 12.8 Å². The Hall–Kier alpha value is -2.62. The molecule has 4 nitrogen and oxygen atoms in total. The first-order valence-electron chi connectivity index (χ1n) is 17.4. The number of aliphatic carboxylic acids is 1. The molecule has 0 saturated heterocycles. The van der Waals surface area contributed by atoms with Crippen molar-refractivity contribution in [2.24, 2.45) is 0 Å². The third kappa shape index (κ3) is 33.7. The molecule has 0 amide bonds. The van der Waals surface area contributed by atoms with Gasteiger partial charge in [0.2, 0.25) is 0 Å². The van der Waals surface area contributed by atoms with Crippen LogP contribution in [0.25, 0.3) is 0 Å². The van der Waals surface area contributed by atoms with E-state index >= 15 is 0 Å². The SMILES string of the molecule is CC/C=C\C/C=C\C/C=C\C/C=C\C(CCCCCC(=O)O)OC(=O)CCCCCCC/C=C\C/C=C\CCCCCC. The van der Waals surface area contributed by atoms with Crippen molar-refractivity contribution in [3.63, 3.8) is 0 Å². The minimum atomic E-state index is -0.755. The maximum Gasteiger partial charge on any atom is 0.306 e. The zero-order chi connectivity index (χ0) is 31.5. The summed E-state index contributed by atoms with van der Waals surface area (Å²) in [5, 5.41) is 8.85. The van der Waals surface area contributed by atoms with Crippen LogP contribution < -0.4 is 0 Å². The Morgan fingerprint density at radius 3 is 1.65 bits per heavy atom. The largest absolute Gasteiger partial charge is 0.481 e. The summed E-state index contributed by atoms with van der Waals surface area (Å²) < 4.78 is 5.80. The highest BCUT2D eigenvalue weighted by atomic mass is 16.5. The Balaban J connectivity index is 4.17. The second-order valence-electron chi connectivity index (χ2n) is 11.3. The van der Waals surface area contributed by atoms with Gasteiger partial charge in [0, 0.05) is 12.8 Å². The molecule has 0 bridgehead atoms. The standard InChI is InChI=1S/C39H64O4/c1-3-5-7-9-11-13-15-16-17-18-19-21-23-25-27-32-36-39(42)43-37(34-30-28-31-35-38(40)41)33-29-26-24-22-20-14-12-10-8-6-4-2/h6,8,12-15,17-18,22,24,29,33,37H,3-5,7,9-11,16,19-21,23,25-28,30-32,34-36H2,1-2H3,(H,40,41)/b8-6-,14-12-,15-13-,18-17-,24-22-,33-29-. The first-order valence-corrected chi connectivity index (χ1v) is 17.4. The molecule has 0 spiro atoms. The summed E-state index contributed by atoms with van der Waals surface area (Å²) in [5.41, 5.74) is 0. The fraction of sp³-hybridized carbons (Fsp3) is 0.641. The molecule has 0 fully saturated rings. The Morgan fingerprint density at radius 1 is 0.558 bits per heavy atom. The summed E-state index contributed by atoms with van der Waals surface area (Å²) in [6.45, 7) is 4.39. The molecule has 0 aliphatic heterocycles. The molecular formula is C39H64O4. The molecule has 0 heterocycles. The summed E-state index contributed by atoms with van der Waals surface area (Å²) >= 11 is 0. The highest BCUT2D eigenvalue weighted by Gasteiger charge is 2.11. The topological polar surface area (TPSA) is 63.6 Å². The van der Waals surface area contributed by atoms with E-state index in [1.165, 1.54) is 44.9 Å². The second kappa shape index (κ2) is 33.9. The fourth-order valence-electron chi connectivity index (χ4n) is 4.59. The van der Waals surface area contributed by atoms with Crippen LogP contribution in [0.5, 0.6) is 0 Å². The molecule has 1 unspecified atom stereocenters. The van der Waals surface area contributed by atoms with Gasteiger partial charge in [0.15, 0.2) is 0 Å². The van der Waals surface area contributed by atoms with E-state index in [1.807, 2.05) is 6.08 Å². The van der Waals surface area contributed by atoms with Crippen LogP contribution in [0.4, 0.5) is 0 Å². The molecule has 43 heavy (non-hydrogen) atoms. The van der Waals surface area contributed by atoms with Crippen molar-refractivity contribution in [2.45, 2.75) is 161 Å². The van der Waals surface area contributed by atoms with E-state index in [0.717, 1.165) is 77.0 Å². The zero-order valence-electron chi connectivity index (χ0n) is 27.7. The predicted molar refractivity (Wildman–Crippen MR) is 185 cm³/mol. The summed E-state index contributed by atoms with van der Waals surface area (Å²) in [4.78, 5) is 23.3. The quantitative estimate of drug-likeness (QED) is 0.0509. The van der Waals surface area contributed by atoms with E-state index in [1.54, 1.807) is 0 Å². The number of carboxylic acid groups (broad SMARTS) is 1. The van der Waals surface area contributed by atoms with Crippen molar-refractivity contribution < 1.29 is 19.4 Å². The van der Waals surface area contributed by atoms with Gasteiger partial charge in [-0.2, -0.15) is 0 Å². The molecule has 0 aliphatic carbocycles. The number of ether oxygens (including phenoxy) is 1. The van der Waals surface area contributed by atoms with Gasteiger partial charge in [-0.25, -0.2) is 0 Å². The zero-order valence-corrected chi connectivity index (χ0v) is 27.7. The molecule has 0 saturated carbocycles. The van der Waals surface area contributed by atoms with Crippen molar-refractivity contribution in [2.75, 3.05) is 0 Å². The fourth-order valence-corrected chi connectivity index (χ4v) is 4.59. The molecule has 0 radical (unpaired) electrons. The lowest BCUT2D eigenvalue weighted by Gasteiger charge is -2.14. The first kappa shape index (κ1) is 40.4. The van der Waals surface area contributed by atoms with Crippen LogP contribution in [-0.2, 0) is 14.3 Å². The molecule has 0 aromatic rings. The van der Waals surface area contributed by atoms with E-state index in [9.17, 15) is 9.59 Å². The van der Waals surface area contributed by atoms with Crippen LogP contribution in [0.2, 0.25) is 0 Å². The Bertz CT molecular complexity index is 815. The summed E-state index contributed by atoms with van der Waals surface area (Å²) in [5.74, 6) is -0.881. The van der Waals surface area contributed by atoms with E-state index in [2.05, 4.69) is 80.7 Å². The minimum absolute atomic E-state index is 0.126. The maximum absolute atomic E-state index is 12.5. The molecule has 0 rings (SSSR count). The van der Waals surface area contributed by atoms with Gasteiger partial charge in [-0.05, 0) is 89.5 Å². The summed E-state index contributed by atoms with van der Waals surface area (Å²) in [6.07, 6.45) is 47.7. The lowest BCUT2D eigenvalue weighted by atomic mass is 10.1. The number of carbonyl (C=O) groups is 2. The van der Waals surface area contributed by atoms with Crippen LogP contribution >= 0.6 is 0 Å². The van der Waals surface area contributed by atoms with Gasteiger partial charge < -0.3 is 9.84 Å². The average Bonchev–Trinajstić information content (AvgIpc) is 2.99. The third-order valence-corrected chi connectivity index (χ3v) is 7.15. The van der Waals surface area contributed by atoms with Gasteiger partial charge in [-0.1, -0.05) is 126 Å². The van der Waals surface area contributed by atoms with Crippen molar-refractivity contribution in [1.29, 1.82) is 0 Å². The van der Waals surface area contributed by atoms with Crippen LogP contribution in [0.3, 0.4) is 0 Å². The highest BCUT2D eigenvalue weighted by molar-refractivity contribution is 5.69. The number of carboxylic acids is 1. The number of hydrogen-bond acceptors (Lipinski definition) is 3. The number of allylic oxidation sites excluding steroid dienone is 11. The van der Waals surface area contributed by atoms with Crippen LogP contribution in [0.15, 0.2) is 72.9 Å². The van der Waals surface area contributed by atoms with Crippen LogP contribution in [-0.4, -0.2) is 23.1 Å². The normalized spacial score (nSPS) is 13.2. The first-order chi connectivity index (χ1) is 21.1. The van der Waals surface area contributed by atoms with Crippen molar-refractivity contribution >= 4 is 11.9 Å². The summed E-state index contributed by atoms with van der Waals surface area (Å²) in [6, 6.07) is 0. The molecule has 1 atom stereocenters. The van der Waals surface area contributed by atoms with Crippen molar-refractivity contribution in [1.82, 2.24) is 0 Å². The molecule has 0 aromatic heterocycles. The smallest absolute Gasteiger partial charge is 0.306 e. The van der Waals surface area contributed by atoms with Crippen molar-refractivity contribution in [3.8, 4) is 0 Å². The molecular weight excluding hydrogens is 532 g/mol. The highest BCUT2D eigenvalue weighted by Crippen LogP contribution is 2.14. The maximum atomic E-state index is 12.5. The third-order valence-electron chi connectivity index (χ3n) is 7.15. The number of hydrogen-bond donors (Lipinski definition) is 1. The molecule has 244 valence electrons. The van der Waals surface area contributed by atoms with Gasteiger partial charge in [0.25, 0.3) is 0 Å². The van der Waals surface area contributed by atoms with Gasteiger partial charge in [-0.15, -0.1) is 0 Å². The Morgan fingerprint density at radius 2 is 1.05 bits per heavy atom. The Kier molecular flexibility index (Phi) is 31.8. The molecule has 1 N–H and O–H groups in total. The number of esters is 1. The molecule has 0 aromatic carbocycles. The second-order valence-corrected chi connectivity index (χ2v) is 11.3. The monoisotopic (exact) mass is 596 g/mol. The average molecular weight is 597 g/mol. The van der Waals surface area contributed by atoms with Gasteiger partial charge in [-0.3, -0.25) is 9.59 Å². The van der Waals surface area contributed by atoms with Gasteiger partial charge >= 0.3 is 11.9 Å². The predicted octanol–water partition coefficient (Wildman–Crippen LogP) is 11.9. The lowest BCUT2D eigenvalue weighted by Crippen LogP contribution is -2.16. The van der Waals surface area contributed by atoms with Gasteiger partial charge in [0.1, 0.15) is 6.10 Å². The Labute approximate surface area is 265 Å². The number of carbonyl (C=O) groups excluding carboxylic acids is 1. The summed E-state index contributed by atoms with van der Waals surface area (Å²) in [7, 11) is 0. The number of rotatable bonds is 30. The van der Waals surface area contributed by atoms with E-state index in [-0.39, 0.29) is 18.5 Å². The lowest BCUT2D eigenvalue weighted by molar-refractivity contribution is -0.147.